The van der Waals surface area contributed by atoms with Gasteiger partial charge in [0.15, 0.2) is 0 Å². The number of benzene rings is 1. The van der Waals surface area contributed by atoms with Gasteiger partial charge in [-0.1, -0.05) is 26.0 Å². The lowest BCUT2D eigenvalue weighted by molar-refractivity contribution is -0.139. The van der Waals surface area contributed by atoms with E-state index in [0.717, 1.165) is 24.2 Å². The van der Waals surface area contributed by atoms with E-state index in [1.54, 1.807) is 7.11 Å². The molecule has 1 fully saturated rings. The third-order valence-electron chi connectivity index (χ3n) is 4.62. The van der Waals surface area contributed by atoms with Crippen molar-refractivity contribution in [2.24, 2.45) is 5.92 Å². The highest BCUT2D eigenvalue weighted by molar-refractivity contribution is 6.35. The summed E-state index contributed by atoms with van der Waals surface area (Å²) in [6, 6.07) is 7.89. The lowest BCUT2D eigenvalue weighted by Gasteiger charge is -2.38. The average Bonchev–Trinajstić information content (AvgIpc) is 2.65. The van der Waals surface area contributed by atoms with E-state index in [4.69, 9.17) is 9.47 Å². The Morgan fingerprint density at radius 3 is 2.28 bits per heavy atom. The van der Waals surface area contributed by atoms with Crippen molar-refractivity contribution in [3.8, 4) is 5.75 Å². The summed E-state index contributed by atoms with van der Waals surface area (Å²) < 4.78 is 10.7. The van der Waals surface area contributed by atoms with E-state index in [1.165, 1.54) is 0 Å². The van der Waals surface area contributed by atoms with E-state index in [1.807, 2.05) is 38.1 Å². The number of amides is 2. The number of rotatable bonds is 6. The maximum atomic E-state index is 12.1. The summed E-state index contributed by atoms with van der Waals surface area (Å²) in [5.41, 5.74) is 0.901. The van der Waals surface area contributed by atoms with Gasteiger partial charge in [-0.3, -0.25) is 9.59 Å². The minimum absolute atomic E-state index is 0.224. The standard InChI is InChI=1S/C19H28N2O4/c1-14(2)12-20-17(22)18(23)21-13-19(8-10-25-11-9-19)15-4-6-16(24-3)7-5-15/h4-7,14H,8-13H2,1-3H3,(H,20,22)(H,21,23). The molecule has 2 N–H and O–H groups in total. The summed E-state index contributed by atoms with van der Waals surface area (Å²) in [6.07, 6.45) is 1.60. The smallest absolute Gasteiger partial charge is 0.309 e. The van der Waals surface area contributed by atoms with Gasteiger partial charge in [-0.25, -0.2) is 0 Å². The molecule has 0 spiro atoms. The van der Waals surface area contributed by atoms with Crippen molar-refractivity contribution in [2.75, 3.05) is 33.4 Å². The topological polar surface area (TPSA) is 76.7 Å². The molecule has 0 atom stereocenters. The molecular weight excluding hydrogens is 320 g/mol. The maximum absolute atomic E-state index is 12.1. The Morgan fingerprint density at radius 2 is 1.72 bits per heavy atom. The lowest BCUT2D eigenvalue weighted by Crippen LogP contribution is -2.48. The third-order valence-corrected chi connectivity index (χ3v) is 4.62. The molecule has 1 aliphatic heterocycles. The highest BCUT2D eigenvalue weighted by Crippen LogP contribution is 2.35. The van der Waals surface area contributed by atoms with Crippen LogP contribution in [0.4, 0.5) is 0 Å². The van der Waals surface area contributed by atoms with Gasteiger partial charge in [-0.05, 0) is 36.5 Å². The Balaban J connectivity index is 2.04. The molecule has 1 saturated heterocycles. The van der Waals surface area contributed by atoms with Crippen LogP contribution in [0.5, 0.6) is 5.75 Å². The van der Waals surface area contributed by atoms with Gasteiger partial charge in [-0.15, -0.1) is 0 Å². The summed E-state index contributed by atoms with van der Waals surface area (Å²) in [5.74, 6) is -0.0633. The molecule has 2 amide bonds. The Kier molecular flexibility index (Phi) is 6.82. The van der Waals surface area contributed by atoms with E-state index in [0.29, 0.717) is 32.2 Å². The Hall–Kier alpha value is -2.08. The van der Waals surface area contributed by atoms with E-state index in [9.17, 15) is 9.59 Å². The van der Waals surface area contributed by atoms with Crippen molar-refractivity contribution in [2.45, 2.75) is 32.1 Å². The lowest BCUT2D eigenvalue weighted by atomic mass is 9.74. The monoisotopic (exact) mass is 348 g/mol. The molecule has 0 radical (unpaired) electrons. The maximum Gasteiger partial charge on any atom is 0.309 e. The van der Waals surface area contributed by atoms with Crippen LogP contribution < -0.4 is 15.4 Å². The van der Waals surface area contributed by atoms with Crippen molar-refractivity contribution in [1.82, 2.24) is 10.6 Å². The van der Waals surface area contributed by atoms with E-state index >= 15 is 0 Å². The van der Waals surface area contributed by atoms with E-state index < -0.39 is 11.8 Å². The fraction of sp³-hybridized carbons (Fsp3) is 0.579. The SMILES string of the molecule is COc1ccc(C2(CNC(=O)C(=O)NCC(C)C)CCOCC2)cc1. The normalized spacial score (nSPS) is 16.3. The molecule has 0 bridgehead atoms. The summed E-state index contributed by atoms with van der Waals surface area (Å²) in [4.78, 5) is 24.0. The number of methoxy groups -OCH3 is 1. The number of ether oxygens (including phenoxy) is 2. The third kappa shape index (κ3) is 5.19. The molecule has 138 valence electrons. The van der Waals surface area contributed by atoms with Gasteiger partial charge < -0.3 is 20.1 Å². The van der Waals surface area contributed by atoms with Crippen LogP contribution in [0.2, 0.25) is 0 Å². The zero-order valence-electron chi connectivity index (χ0n) is 15.3. The van der Waals surface area contributed by atoms with Crippen LogP contribution in [-0.4, -0.2) is 45.2 Å². The second-order valence-corrected chi connectivity index (χ2v) is 6.91. The van der Waals surface area contributed by atoms with Gasteiger partial charge in [0.1, 0.15) is 5.75 Å². The summed E-state index contributed by atoms with van der Waals surface area (Å²) in [6.45, 7) is 6.15. The number of carbonyl (C=O) groups excluding carboxylic acids is 2. The zero-order chi connectivity index (χ0) is 18.3. The molecule has 2 rings (SSSR count). The van der Waals surface area contributed by atoms with Crippen molar-refractivity contribution in [3.05, 3.63) is 29.8 Å². The number of carbonyl (C=O) groups is 2. The highest BCUT2D eigenvalue weighted by atomic mass is 16.5. The van der Waals surface area contributed by atoms with E-state index in [-0.39, 0.29) is 5.41 Å². The Bertz CT molecular complexity index is 578. The zero-order valence-corrected chi connectivity index (χ0v) is 15.3. The van der Waals surface area contributed by atoms with Crippen LogP contribution in [-0.2, 0) is 19.7 Å². The molecule has 6 heteroatoms. The van der Waals surface area contributed by atoms with Crippen molar-refractivity contribution >= 4 is 11.8 Å². The van der Waals surface area contributed by atoms with Crippen LogP contribution in [0.3, 0.4) is 0 Å². The first kappa shape index (κ1) is 19.2. The second-order valence-electron chi connectivity index (χ2n) is 6.91. The first-order chi connectivity index (χ1) is 12.0. The largest absolute Gasteiger partial charge is 0.497 e. The molecular formula is C19H28N2O4. The van der Waals surface area contributed by atoms with Gasteiger partial charge in [-0.2, -0.15) is 0 Å². The van der Waals surface area contributed by atoms with E-state index in [2.05, 4.69) is 10.6 Å². The summed E-state index contributed by atoms with van der Waals surface area (Å²) in [5, 5.41) is 5.45. The Morgan fingerprint density at radius 1 is 1.12 bits per heavy atom. The Labute approximate surface area is 149 Å². The molecule has 0 aromatic heterocycles. The molecule has 25 heavy (non-hydrogen) atoms. The van der Waals surface area contributed by atoms with Gasteiger partial charge in [0.2, 0.25) is 0 Å². The van der Waals surface area contributed by atoms with Crippen LogP contribution in [0.1, 0.15) is 32.3 Å². The van der Waals surface area contributed by atoms with Crippen LogP contribution in [0.25, 0.3) is 0 Å². The molecule has 1 heterocycles. The predicted octanol–water partition coefficient (Wildman–Crippen LogP) is 1.63. The molecule has 6 nitrogen and oxygen atoms in total. The molecule has 1 aromatic carbocycles. The van der Waals surface area contributed by atoms with Crippen molar-refractivity contribution < 1.29 is 19.1 Å². The average molecular weight is 348 g/mol. The predicted molar refractivity (Wildman–Crippen MR) is 95.6 cm³/mol. The van der Waals surface area contributed by atoms with Crippen LogP contribution in [0.15, 0.2) is 24.3 Å². The van der Waals surface area contributed by atoms with Crippen LogP contribution in [0, 0.1) is 5.92 Å². The van der Waals surface area contributed by atoms with Gasteiger partial charge in [0.25, 0.3) is 0 Å². The first-order valence-corrected chi connectivity index (χ1v) is 8.75. The quantitative estimate of drug-likeness (QED) is 0.766. The minimum Gasteiger partial charge on any atom is -0.497 e. The van der Waals surface area contributed by atoms with Gasteiger partial charge >= 0.3 is 11.8 Å². The molecule has 0 unspecified atom stereocenters. The highest BCUT2D eigenvalue weighted by Gasteiger charge is 2.35. The van der Waals surface area contributed by atoms with Gasteiger partial charge in [0, 0.05) is 31.7 Å². The fourth-order valence-electron chi connectivity index (χ4n) is 2.98. The van der Waals surface area contributed by atoms with Crippen LogP contribution >= 0.6 is 0 Å². The second kappa shape index (κ2) is 8.85. The number of nitrogens with one attached hydrogen (secondary N) is 2. The van der Waals surface area contributed by atoms with Crippen molar-refractivity contribution in [1.29, 1.82) is 0 Å². The number of hydrogen-bond acceptors (Lipinski definition) is 4. The van der Waals surface area contributed by atoms with Gasteiger partial charge in [0.05, 0.1) is 7.11 Å². The molecule has 0 saturated carbocycles. The number of hydrogen-bond donors (Lipinski definition) is 2. The van der Waals surface area contributed by atoms with Crippen molar-refractivity contribution in [3.63, 3.8) is 0 Å². The first-order valence-electron chi connectivity index (χ1n) is 8.75. The minimum atomic E-state index is -0.583. The fourth-order valence-corrected chi connectivity index (χ4v) is 2.98. The molecule has 1 aliphatic rings. The summed E-state index contributed by atoms with van der Waals surface area (Å²) >= 11 is 0. The summed E-state index contributed by atoms with van der Waals surface area (Å²) in [7, 11) is 1.63. The molecule has 0 aliphatic carbocycles. The molecule has 1 aromatic rings.